The average molecular weight is 339 g/mol. The van der Waals surface area contributed by atoms with E-state index in [1.807, 2.05) is 0 Å². The van der Waals surface area contributed by atoms with E-state index in [0.717, 1.165) is 12.3 Å². The van der Waals surface area contributed by atoms with Crippen LogP contribution >= 0.6 is 0 Å². The normalized spacial score (nSPS) is 11.2. The minimum atomic E-state index is -4.46. The number of hydrogen-bond donors (Lipinski definition) is 1. The van der Waals surface area contributed by atoms with E-state index in [1.54, 1.807) is 26.1 Å². The lowest BCUT2D eigenvalue weighted by Gasteiger charge is -2.16. The summed E-state index contributed by atoms with van der Waals surface area (Å²) in [5, 5.41) is 6.79. The van der Waals surface area contributed by atoms with Crippen LogP contribution in [0.5, 0.6) is 0 Å². The maximum Gasteiger partial charge on any atom is 0.417 e. The van der Waals surface area contributed by atoms with Crippen molar-refractivity contribution >= 4 is 11.8 Å². The van der Waals surface area contributed by atoms with Gasteiger partial charge < -0.3 is 4.90 Å². The molecule has 6 nitrogen and oxygen atoms in total. The van der Waals surface area contributed by atoms with Crippen LogP contribution in [-0.4, -0.2) is 39.3 Å². The second-order valence-corrected chi connectivity index (χ2v) is 5.08. The molecule has 24 heavy (non-hydrogen) atoms. The first-order chi connectivity index (χ1) is 11.2. The molecule has 0 atom stereocenters. The maximum atomic E-state index is 12.6. The molecule has 128 valence electrons. The highest BCUT2D eigenvalue weighted by Crippen LogP contribution is 2.29. The van der Waals surface area contributed by atoms with E-state index in [0.29, 0.717) is 18.1 Å². The molecule has 0 saturated heterocycles. The van der Waals surface area contributed by atoms with E-state index in [9.17, 15) is 18.0 Å². The zero-order valence-electron chi connectivity index (χ0n) is 13.1. The van der Waals surface area contributed by atoms with Gasteiger partial charge in [0.05, 0.1) is 11.3 Å². The molecule has 0 saturated carbocycles. The third-order valence-electron chi connectivity index (χ3n) is 3.11. The van der Waals surface area contributed by atoms with Gasteiger partial charge in [-0.2, -0.15) is 23.0 Å². The summed E-state index contributed by atoms with van der Waals surface area (Å²) in [4.78, 5) is 17.2. The molecular formula is C15H16F3N5O. The molecular weight excluding hydrogens is 323 g/mol. The van der Waals surface area contributed by atoms with Crippen molar-refractivity contribution in [3.05, 3.63) is 48.3 Å². The molecule has 0 fully saturated rings. The lowest BCUT2D eigenvalue weighted by Crippen LogP contribution is -2.32. The van der Waals surface area contributed by atoms with E-state index in [-0.39, 0.29) is 5.82 Å². The number of amides is 2. The fourth-order valence-electron chi connectivity index (χ4n) is 1.92. The zero-order chi connectivity index (χ0) is 17.9. The van der Waals surface area contributed by atoms with Gasteiger partial charge >= 0.3 is 12.2 Å². The number of anilines is 1. The van der Waals surface area contributed by atoms with Crippen LogP contribution in [0.3, 0.4) is 0 Å². The maximum absolute atomic E-state index is 12.6. The molecule has 0 bridgehead atoms. The molecule has 0 aliphatic rings. The van der Waals surface area contributed by atoms with E-state index in [1.165, 1.54) is 15.6 Å². The van der Waals surface area contributed by atoms with Crippen LogP contribution in [0.15, 0.2) is 37.1 Å². The SMILES string of the molecule is C=CCN(C)C(=O)Nc1cc(C)nn1-c1ccc(C(F)(F)F)cn1. The first kappa shape index (κ1) is 17.5. The van der Waals surface area contributed by atoms with Gasteiger partial charge in [-0.15, -0.1) is 6.58 Å². The van der Waals surface area contributed by atoms with Gasteiger partial charge in [0, 0.05) is 25.9 Å². The molecule has 0 aliphatic carbocycles. The van der Waals surface area contributed by atoms with Gasteiger partial charge in [-0.25, -0.2) is 9.78 Å². The molecule has 2 rings (SSSR count). The summed E-state index contributed by atoms with van der Waals surface area (Å²) in [6, 6.07) is 3.30. The Morgan fingerprint density at radius 2 is 2.17 bits per heavy atom. The average Bonchev–Trinajstić information content (AvgIpc) is 2.87. The van der Waals surface area contributed by atoms with Crippen molar-refractivity contribution in [2.24, 2.45) is 0 Å². The Hall–Kier alpha value is -2.84. The molecule has 2 aromatic heterocycles. The lowest BCUT2D eigenvalue weighted by molar-refractivity contribution is -0.137. The van der Waals surface area contributed by atoms with E-state index in [2.05, 4.69) is 22.0 Å². The minimum absolute atomic E-state index is 0.165. The summed E-state index contributed by atoms with van der Waals surface area (Å²) in [5.41, 5.74) is -0.273. The van der Waals surface area contributed by atoms with Gasteiger partial charge in [0.15, 0.2) is 5.82 Å². The monoisotopic (exact) mass is 339 g/mol. The summed E-state index contributed by atoms with van der Waals surface area (Å²) in [6.07, 6.45) is -2.17. The van der Waals surface area contributed by atoms with E-state index < -0.39 is 17.8 Å². The van der Waals surface area contributed by atoms with Crippen LogP contribution in [0.4, 0.5) is 23.8 Å². The highest BCUT2D eigenvalue weighted by Gasteiger charge is 2.30. The third-order valence-corrected chi connectivity index (χ3v) is 3.11. The Kier molecular flexibility index (Phi) is 4.91. The number of urea groups is 1. The fraction of sp³-hybridized carbons (Fsp3) is 0.267. The van der Waals surface area contributed by atoms with Crippen molar-refractivity contribution in [2.45, 2.75) is 13.1 Å². The molecule has 0 unspecified atom stereocenters. The molecule has 0 aromatic carbocycles. The van der Waals surface area contributed by atoms with Crippen molar-refractivity contribution in [3.63, 3.8) is 0 Å². The number of alkyl halides is 3. The van der Waals surface area contributed by atoms with Gasteiger partial charge in [-0.05, 0) is 19.1 Å². The molecule has 0 aliphatic heterocycles. The standard InChI is InChI=1S/C15H16F3N5O/c1-4-7-22(3)14(24)20-13-8-10(2)21-23(13)12-6-5-11(9-19-12)15(16,17)18/h4-6,8-9H,1,7H2,2-3H3,(H,20,24). The Labute approximate surface area is 136 Å². The predicted molar refractivity (Wildman–Crippen MR) is 82.9 cm³/mol. The predicted octanol–water partition coefficient (Wildman–Crippen LogP) is 3.24. The van der Waals surface area contributed by atoms with E-state index >= 15 is 0 Å². The largest absolute Gasteiger partial charge is 0.417 e. The van der Waals surface area contributed by atoms with Crippen LogP contribution < -0.4 is 5.32 Å². The Morgan fingerprint density at radius 1 is 1.46 bits per heavy atom. The highest BCUT2D eigenvalue weighted by atomic mass is 19.4. The summed E-state index contributed by atoms with van der Waals surface area (Å²) in [6.45, 7) is 5.59. The quantitative estimate of drug-likeness (QED) is 0.870. The first-order valence-electron chi connectivity index (χ1n) is 6.95. The van der Waals surface area contributed by atoms with E-state index in [4.69, 9.17) is 0 Å². The molecule has 2 amide bonds. The summed E-state index contributed by atoms with van der Waals surface area (Å²) in [7, 11) is 1.58. The number of aryl methyl sites for hydroxylation is 1. The number of rotatable bonds is 4. The van der Waals surface area contributed by atoms with Crippen LogP contribution in [0.25, 0.3) is 5.82 Å². The van der Waals surface area contributed by atoms with Gasteiger partial charge in [0.2, 0.25) is 0 Å². The number of pyridine rings is 1. The molecule has 0 radical (unpaired) electrons. The number of carbonyl (C=O) groups is 1. The third kappa shape index (κ3) is 3.92. The van der Waals surface area contributed by atoms with Crippen LogP contribution in [0, 0.1) is 6.92 Å². The van der Waals surface area contributed by atoms with Crippen molar-refractivity contribution in [1.82, 2.24) is 19.7 Å². The minimum Gasteiger partial charge on any atom is -0.324 e. The topological polar surface area (TPSA) is 63.1 Å². The number of carbonyl (C=O) groups excluding carboxylic acids is 1. The number of halogens is 3. The summed E-state index contributed by atoms with van der Waals surface area (Å²) >= 11 is 0. The number of nitrogens with one attached hydrogen (secondary N) is 1. The van der Waals surface area contributed by atoms with Crippen LogP contribution in [-0.2, 0) is 6.18 Å². The number of aromatic nitrogens is 3. The second-order valence-electron chi connectivity index (χ2n) is 5.08. The molecule has 0 spiro atoms. The molecule has 9 heteroatoms. The van der Waals surface area contributed by atoms with Crippen molar-refractivity contribution in [1.29, 1.82) is 0 Å². The lowest BCUT2D eigenvalue weighted by atomic mass is 10.3. The number of hydrogen-bond acceptors (Lipinski definition) is 3. The fourth-order valence-corrected chi connectivity index (χ4v) is 1.92. The highest BCUT2D eigenvalue weighted by molar-refractivity contribution is 5.88. The Morgan fingerprint density at radius 3 is 2.71 bits per heavy atom. The smallest absolute Gasteiger partial charge is 0.324 e. The summed E-state index contributed by atoms with van der Waals surface area (Å²) < 4.78 is 39.1. The zero-order valence-corrected chi connectivity index (χ0v) is 13.1. The van der Waals surface area contributed by atoms with Gasteiger partial charge in [-0.1, -0.05) is 6.08 Å². The molecule has 1 N–H and O–H groups in total. The number of likely N-dealkylation sites (N-methyl/N-ethyl adjacent to an activating group) is 1. The Bertz CT molecular complexity index is 737. The second kappa shape index (κ2) is 6.73. The molecule has 2 aromatic rings. The van der Waals surface area contributed by atoms with Crippen molar-refractivity contribution in [2.75, 3.05) is 18.9 Å². The van der Waals surface area contributed by atoms with Crippen molar-refractivity contribution in [3.8, 4) is 5.82 Å². The first-order valence-corrected chi connectivity index (χ1v) is 6.95. The van der Waals surface area contributed by atoms with Crippen LogP contribution in [0.2, 0.25) is 0 Å². The van der Waals surface area contributed by atoms with Crippen molar-refractivity contribution < 1.29 is 18.0 Å². The van der Waals surface area contributed by atoms with Gasteiger partial charge in [0.25, 0.3) is 0 Å². The Balaban J connectivity index is 2.28. The van der Waals surface area contributed by atoms with Crippen LogP contribution in [0.1, 0.15) is 11.3 Å². The molecule has 2 heterocycles. The van der Waals surface area contributed by atoms with Gasteiger partial charge in [0.1, 0.15) is 5.82 Å². The number of nitrogens with zero attached hydrogens (tertiary/aromatic N) is 4. The van der Waals surface area contributed by atoms with Gasteiger partial charge in [-0.3, -0.25) is 5.32 Å². The summed E-state index contributed by atoms with van der Waals surface area (Å²) in [5.74, 6) is 0.471.